The highest BCUT2D eigenvalue weighted by Crippen LogP contribution is 2.34. The zero-order chi connectivity index (χ0) is 13.0. The summed E-state index contributed by atoms with van der Waals surface area (Å²) in [5.74, 6) is -1.03. The Labute approximate surface area is 96.5 Å². The van der Waals surface area contributed by atoms with Crippen molar-refractivity contribution in [2.75, 3.05) is 19.5 Å². The van der Waals surface area contributed by atoms with Crippen molar-refractivity contribution in [3.63, 3.8) is 0 Å². The minimum Gasteiger partial charge on any atom is -0.494 e. The summed E-state index contributed by atoms with van der Waals surface area (Å²) in [5, 5.41) is 0. The van der Waals surface area contributed by atoms with E-state index in [1.165, 1.54) is 7.11 Å². The van der Waals surface area contributed by atoms with Gasteiger partial charge in [0.1, 0.15) is 5.69 Å². The summed E-state index contributed by atoms with van der Waals surface area (Å²) in [6, 6.07) is 0. The fraction of sp³-hybridized carbons (Fsp3) is 0.400. The molecule has 0 bridgehead atoms. The first-order chi connectivity index (χ1) is 8.02. The molecule has 7 heteroatoms. The van der Waals surface area contributed by atoms with Crippen molar-refractivity contribution in [1.82, 2.24) is 4.98 Å². The van der Waals surface area contributed by atoms with Crippen LogP contribution < -0.4 is 10.5 Å². The van der Waals surface area contributed by atoms with Crippen molar-refractivity contribution in [2.24, 2.45) is 0 Å². The summed E-state index contributed by atoms with van der Waals surface area (Å²) in [6.45, 7) is 1.75. The Hall–Kier alpha value is -1.92. The number of carbonyl (C=O) groups excluding carboxylic acids is 1. The summed E-state index contributed by atoms with van der Waals surface area (Å²) in [4.78, 5) is 15.0. The normalized spacial score (nSPS) is 10.4. The molecule has 0 saturated heterocycles. The lowest BCUT2D eigenvalue weighted by Crippen LogP contribution is -2.12. The van der Waals surface area contributed by atoms with Crippen LogP contribution in [0.3, 0.4) is 0 Å². The van der Waals surface area contributed by atoms with Gasteiger partial charge in [-0.25, -0.2) is 18.6 Å². The maximum absolute atomic E-state index is 12.6. The Morgan fingerprint density at radius 2 is 2.24 bits per heavy atom. The molecule has 0 radical (unpaired) electrons. The molecule has 1 heterocycles. The molecule has 0 atom stereocenters. The van der Waals surface area contributed by atoms with Crippen molar-refractivity contribution in [1.29, 1.82) is 0 Å². The predicted molar refractivity (Wildman–Crippen MR) is 56.1 cm³/mol. The average molecular weight is 246 g/mol. The van der Waals surface area contributed by atoms with Crippen LogP contribution in [0.1, 0.15) is 29.4 Å². The second-order valence-electron chi connectivity index (χ2n) is 3.03. The molecule has 1 rings (SSSR count). The number of alkyl halides is 2. The Bertz CT molecular complexity index is 424. The van der Waals surface area contributed by atoms with E-state index in [9.17, 15) is 13.6 Å². The number of hydrogen-bond donors (Lipinski definition) is 1. The topological polar surface area (TPSA) is 74.4 Å². The monoisotopic (exact) mass is 246 g/mol. The highest BCUT2D eigenvalue weighted by molar-refractivity contribution is 5.94. The molecule has 0 spiro atoms. The Balaban J connectivity index is 3.24. The summed E-state index contributed by atoms with van der Waals surface area (Å²) in [5.41, 5.74) is 4.61. The van der Waals surface area contributed by atoms with E-state index in [1.54, 1.807) is 6.92 Å². The number of carbonyl (C=O) groups is 1. The lowest BCUT2D eigenvalue weighted by atomic mass is 10.2. The van der Waals surface area contributed by atoms with Crippen LogP contribution in [0, 0.1) is 0 Å². The molecule has 0 amide bonds. The number of ether oxygens (including phenoxy) is 2. The smallest absolute Gasteiger partial charge is 0.359 e. The van der Waals surface area contributed by atoms with Crippen LogP contribution in [0.25, 0.3) is 0 Å². The summed E-state index contributed by atoms with van der Waals surface area (Å²) >= 11 is 0. The van der Waals surface area contributed by atoms with Crippen molar-refractivity contribution < 1.29 is 23.0 Å². The lowest BCUT2D eigenvalue weighted by Gasteiger charge is -2.12. The first-order valence-electron chi connectivity index (χ1n) is 4.80. The number of pyridine rings is 1. The minimum atomic E-state index is -2.78. The number of rotatable bonds is 4. The van der Waals surface area contributed by atoms with E-state index in [4.69, 9.17) is 10.5 Å². The van der Waals surface area contributed by atoms with Crippen LogP contribution >= 0.6 is 0 Å². The molecule has 0 aliphatic heterocycles. The summed E-state index contributed by atoms with van der Waals surface area (Å²) < 4.78 is 34.6. The fourth-order valence-electron chi connectivity index (χ4n) is 1.27. The summed E-state index contributed by atoms with van der Waals surface area (Å²) in [6.07, 6.45) is -1.93. The quantitative estimate of drug-likeness (QED) is 0.820. The fourth-order valence-corrected chi connectivity index (χ4v) is 1.27. The van der Waals surface area contributed by atoms with Crippen LogP contribution in [-0.2, 0) is 4.74 Å². The first-order valence-corrected chi connectivity index (χ1v) is 4.80. The highest BCUT2D eigenvalue weighted by Gasteiger charge is 2.23. The average Bonchev–Trinajstić information content (AvgIpc) is 2.28. The molecular weight excluding hydrogens is 234 g/mol. The molecule has 0 aliphatic rings. The van der Waals surface area contributed by atoms with Gasteiger partial charge >= 0.3 is 5.97 Å². The molecular formula is C10H12F2N2O3. The maximum atomic E-state index is 12.6. The number of hydrogen-bond acceptors (Lipinski definition) is 5. The third-order valence-corrected chi connectivity index (χ3v) is 2.00. The van der Waals surface area contributed by atoms with Gasteiger partial charge in [0.15, 0.2) is 11.4 Å². The lowest BCUT2D eigenvalue weighted by molar-refractivity contribution is 0.0519. The van der Waals surface area contributed by atoms with Gasteiger partial charge in [0.2, 0.25) is 0 Å². The molecule has 94 valence electrons. The molecule has 0 fully saturated rings. The molecule has 0 aliphatic carbocycles. The largest absolute Gasteiger partial charge is 0.494 e. The predicted octanol–water partition coefficient (Wildman–Crippen LogP) is 1.79. The number of anilines is 1. The highest BCUT2D eigenvalue weighted by atomic mass is 19.3. The third kappa shape index (κ3) is 2.61. The SMILES string of the molecule is CCOC(=O)c1ncc(C(F)F)c(OC)c1N. The Morgan fingerprint density at radius 3 is 2.71 bits per heavy atom. The first kappa shape index (κ1) is 13.1. The second-order valence-corrected chi connectivity index (χ2v) is 3.03. The van der Waals surface area contributed by atoms with E-state index in [1.807, 2.05) is 0 Å². The van der Waals surface area contributed by atoms with Crippen molar-refractivity contribution in [2.45, 2.75) is 13.3 Å². The Kier molecular flexibility index (Phi) is 4.19. The number of nitrogens with zero attached hydrogens (tertiary/aromatic N) is 1. The molecule has 0 aromatic carbocycles. The van der Waals surface area contributed by atoms with Gasteiger partial charge in [0.25, 0.3) is 6.43 Å². The number of aromatic nitrogens is 1. The molecule has 2 N–H and O–H groups in total. The molecule has 17 heavy (non-hydrogen) atoms. The second kappa shape index (κ2) is 5.42. The number of nitrogen functional groups attached to an aromatic ring is 1. The van der Waals surface area contributed by atoms with Crippen LogP contribution in [0.4, 0.5) is 14.5 Å². The van der Waals surface area contributed by atoms with Gasteiger partial charge in [-0.1, -0.05) is 0 Å². The van der Waals surface area contributed by atoms with E-state index in [-0.39, 0.29) is 23.7 Å². The number of nitrogens with two attached hydrogens (primary N) is 1. The zero-order valence-electron chi connectivity index (χ0n) is 9.37. The van der Waals surface area contributed by atoms with E-state index < -0.39 is 18.0 Å². The zero-order valence-corrected chi connectivity index (χ0v) is 9.37. The standard InChI is InChI=1S/C10H12F2N2O3/c1-3-17-10(15)7-6(13)8(16-2)5(4-14-7)9(11)12/h4,9H,3,13H2,1-2H3. The van der Waals surface area contributed by atoms with E-state index in [2.05, 4.69) is 9.72 Å². The van der Waals surface area contributed by atoms with Gasteiger partial charge in [-0.2, -0.15) is 0 Å². The molecule has 1 aromatic rings. The van der Waals surface area contributed by atoms with E-state index in [0.717, 1.165) is 6.20 Å². The molecule has 0 unspecified atom stereocenters. The number of methoxy groups -OCH3 is 1. The van der Waals surface area contributed by atoms with Crippen LogP contribution in [0.5, 0.6) is 5.75 Å². The maximum Gasteiger partial charge on any atom is 0.359 e. The van der Waals surface area contributed by atoms with Crippen LogP contribution in [0.15, 0.2) is 6.20 Å². The Morgan fingerprint density at radius 1 is 1.59 bits per heavy atom. The van der Waals surface area contributed by atoms with Crippen LogP contribution in [0.2, 0.25) is 0 Å². The van der Waals surface area contributed by atoms with Gasteiger partial charge in [0, 0.05) is 6.20 Å². The molecule has 0 saturated carbocycles. The van der Waals surface area contributed by atoms with Crippen molar-refractivity contribution >= 4 is 11.7 Å². The minimum absolute atomic E-state index is 0.138. The van der Waals surface area contributed by atoms with Gasteiger partial charge in [-0.05, 0) is 6.92 Å². The van der Waals surface area contributed by atoms with Gasteiger partial charge < -0.3 is 15.2 Å². The number of esters is 1. The van der Waals surface area contributed by atoms with Crippen molar-refractivity contribution in [3.05, 3.63) is 17.5 Å². The molecule has 5 nitrogen and oxygen atoms in total. The third-order valence-electron chi connectivity index (χ3n) is 2.00. The van der Waals surface area contributed by atoms with Gasteiger partial charge in [-0.15, -0.1) is 0 Å². The molecule has 1 aromatic heterocycles. The van der Waals surface area contributed by atoms with Gasteiger partial charge in [0.05, 0.1) is 19.3 Å². The number of halogens is 2. The van der Waals surface area contributed by atoms with Gasteiger partial charge in [-0.3, -0.25) is 0 Å². The van der Waals surface area contributed by atoms with Crippen molar-refractivity contribution in [3.8, 4) is 5.75 Å². The van der Waals surface area contributed by atoms with E-state index in [0.29, 0.717) is 0 Å². The summed E-state index contributed by atoms with van der Waals surface area (Å²) in [7, 11) is 1.19. The van der Waals surface area contributed by atoms with E-state index >= 15 is 0 Å². The van der Waals surface area contributed by atoms with Crippen LogP contribution in [-0.4, -0.2) is 24.7 Å².